The molecule has 0 aromatic heterocycles. The van der Waals surface area contributed by atoms with Crippen molar-refractivity contribution in [2.75, 3.05) is 34.9 Å². The fourth-order valence-electron chi connectivity index (χ4n) is 2.73. The highest BCUT2D eigenvalue weighted by atomic mass is 79.9. The molecule has 0 heterocycles. The Morgan fingerprint density at radius 1 is 1.12 bits per heavy atom. The van der Waals surface area contributed by atoms with Crippen molar-refractivity contribution in [2.24, 2.45) is 0 Å². The summed E-state index contributed by atoms with van der Waals surface area (Å²) in [5.74, 6) is 1.18. The lowest BCUT2D eigenvalue weighted by Crippen LogP contribution is -2.36. The van der Waals surface area contributed by atoms with Crippen molar-refractivity contribution < 1.29 is 14.3 Å². The molecule has 0 spiro atoms. The summed E-state index contributed by atoms with van der Waals surface area (Å²) in [6.45, 7) is 0.725. The second-order valence-corrected chi connectivity index (χ2v) is 7.12. The van der Waals surface area contributed by atoms with Crippen LogP contribution in [-0.2, 0) is 11.2 Å². The molecule has 0 saturated carbocycles. The number of nitrogens with one attached hydrogen (secondary N) is 1. The van der Waals surface area contributed by atoms with E-state index < -0.39 is 0 Å². The lowest BCUT2D eigenvalue weighted by molar-refractivity contribution is -0.121. The van der Waals surface area contributed by atoms with Crippen molar-refractivity contribution in [3.63, 3.8) is 0 Å². The second kappa shape index (κ2) is 9.59. The van der Waals surface area contributed by atoms with E-state index >= 15 is 0 Å². The van der Waals surface area contributed by atoms with E-state index in [0.29, 0.717) is 11.5 Å². The Morgan fingerprint density at radius 3 is 2.31 bits per heavy atom. The smallest absolute Gasteiger partial charge is 0.224 e. The van der Waals surface area contributed by atoms with Gasteiger partial charge in [0.1, 0.15) is 0 Å². The maximum atomic E-state index is 12.7. The highest BCUT2D eigenvalue weighted by Crippen LogP contribution is 2.33. The van der Waals surface area contributed by atoms with Crippen LogP contribution in [0.4, 0.5) is 0 Å². The minimum absolute atomic E-state index is 0.0476. The first-order valence-corrected chi connectivity index (χ1v) is 9.13. The molecule has 0 bridgehead atoms. The maximum Gasteiger partial charge on any atom is 0.224 e. The number of hydrogen-bond acceptors (Lipinski definition) is 4. The highest BCUT2D eigenvalue weighted by molar-refractivity contribution is 9.10. The monoisotopic (exact) mass is 420 g/mol. The van der Waals surface area contributed by atoms with E-state index in [0.717, 1.165) is 22.1 Å². The molecule has 0 unspecified atom stereocenters. The Kier molecular flexibility index (Phi) is 7.48. The number of carbonyl (C=O) groups is 1. The van der Waals surface area contributed by atoms with Gasteiger partial charge in [-0.05, 0) is 37.4 Å². The van der Waals surface area contributed by atoms with Gasteiger partial charge in [-0.3, -0.25) is 4.79 Å². The number of benzene rings is 2. The van der Waals surface area contributed by atoms with Gasteiger partial charge in [-0.2, -0.15) is 0 Å². The Bertz CT molecular complexity index is 735. The lowest BCUT2D eigenvalue weighted by Gasteiger charge is -2.23. The number of amides is 1. The van der Waals surface area contributed by atoms with Crippen LogP contribution < -0.4 is 14.8 Å². The van der Waals surface area contributed by atoms with Crippen molar-refractivity contribution in [3.05, 3.63) is 58.1 Å². The van der Waals surface area contributed by atoms with Gasteiger partial charge in [-0.1, -0.05) is 46.3 Å². The zero-order valence-corrected chi connectivity index (χ0v) is 17.2. The predicted molar refractivity (Wildman–Crippen MR) is 107 cm³/mol. The number of rotatable bonds is 8. The molecule has 2 aromatic carbocycles. The number of halogens is 1. The normalized spacial score (nSPS) is 11.9. The molecule has 5 nitrogen and oxygen atoms in total. The summed E-state index contributed by atoms with van der Waals surface area (Å²) in [6.07, 6.45) is 0.248. The van der Waals surface area contributed by atoms with Crippen LogP contribution in [0.15, 0.2) is 46.9 Å². The Hall–Kier alpha value is -2.05. The first-order chi connectivity index (χ1) is 12.4. The van der Waals surface area contributed by atoms with Crippen molar-refractivity contribution >= 4 is 21.8 Å². The van der Waals surface area contributed by atoms with E-state index in [9.17, 15) is 4.79 Å². The number of nitrogens with zero attached hydrogens (tertiary/aromatic N) is 1. The number of likely N-dealkylation sites (N-methyl/N-ethyl adjacent to an activating group) is 1. The summed E-state index contributed by atoms with van der Waals surface area (Å²) >= 11 is 3.51. The third kappa shape index (κ3) is 5.47. The third-order valence-electron chi connectivity index (χ3n) is 3.99. The van der Waals surface area contributed by atoms with Crippen LogP contribution in [0.25, 0.3) is 0 Å². The molecule has 140 valence electrons. The van der Waals surface area contributed by atoms with Crippen molar-refractivity contribution in [1.82, 2.24) is 10.2 Å². The van der Waals surface area contributed by atoms with Crippen molar-refractivity contribution in [3.8, 4) is 11.5 Å². The number of methoxy groups -OCH3 is 2. The number of carbonyl (C=O) groups excluding carboxylic acids is 1. The molecule has 2 rings (SSSR count). The Labute approximate surface area is 163 Å². The van der Waals surface area contributed by atoms with Gasteiger partial charge in [-0.25, -0.2) is 0 Å². The molecule has 1 atom stereocenters. The summed E-state index contributed by atoms with van der Waals surface area (Å²) in [6, 6.07) is 13.6. The zero-order chi connectivity index (χ0) is 19.1. The Morgan fingerprint density at radius 2 is 1.73 bits per heavy atom. The highest BCUT2D eigenvalue weighted by Gasteiger charge is 2.18. The van der Waals surface area contributed by atoms with E-state index in [2.05, 4.69) is 26.1 Å². The van der Waals surface area contributed by atoms with Gasteiger partial charge in [0.25, 0.3) is 0 Å². The van der Waals surface area contributed by atoms with Gasteiger partial charge in [0, 0.05) is 11.0 Å². The second-order valence-electron chi connectivity index (χ2n) is 6.27. The van der Waals surface area contributed by atoms with Gasteiger partial charge in [0.05, 0.1) is 26.7 Å². The molecule has 0 aliphatic rings. The van der Waals surface area contributed by atoms with Crippen molar-refractivity contribution in [2.45, 2.75) is 12.5 Å². The molecular weight excluding hydrogens is 396 g/mol. The lowest BCUT2D eigenvalue weighted by atomic mass is 10.1. The molecule has 26 heavy (non-hydrogen) atoms. The molecule has 0 saturated heterocycles. The molecule has 2 aromatic rings. The van der Waals surface area contributed by atoms with E-state index in [1.165, 1.54) is 0 Å². The van der Waals surface area contributed by atoms with Gasteiger partial charge in [0.2, 0.25) is 5.91 Å². The minimum Gasteiger partial charge on any atom is -0.493 e. The van der Waals surface area contributed by atoms with Crippen LogP contribution in [0.3, 0.4) is 0 Å². The minimum atomic E-state index is -0.0716. The molecule has 1 N–H and O–H groups in total. The first-order valence-electron chi connectivity index (χ1n) is 8.34. The van der Waals surface area contributed by atoms with Crippen molar-refractivity contribution in [1.29, 1.82) is 0 Å². The summed E-state index contributed by atoms with van der Waals surface area (Å²) in [5.41, 5.74) is 1.93. The van der Waals surface area contributed by atoms with Crippen LogP contribution >= 0.6 is 15.9 Å². The molecule has 0 aliphatic heterocycles. The first kappa shape index (κ1) is 20.3. The molecule has 6 heteroatoms. The van der Waals surface area contributed by atoms with E-state index in [1.807, 2.05) is 56.6 Å². The van der Waals surface area contributed by atoms with E-state index in [1.54, 1.807) is 14.2 Å². The number of ether oxygens (including phenoxy) is 2. The number of hydrogen-bond donors (Lipinski definition) is 1. The Balaban J connectivity index is 2.15. The molecule has 0 radical (unpaired) electrons. The van der Waals surface area contributed by atoms with Crippen LogP contribution in [0, 0.1) is 0 Å². The molecular formula is C20H25BrN2O3. The maximum absolute atomic E-state index is 12.7. The van der Waals surface area contributed by atoms with Gasteiger partial charge < -0.3 is 19.7 Å². The quantitative estimate of drug-likeness (QED) is 0.710. The van der Waals surface area contributed by atoms with Gasteiger partial charge in [-0.15, -0.1) is 0 Å². The largest absolute Gasteiger partial charge is 0.493 e. The third-order valence-corrected chi connectivity index (χ3v) is 4.73. The zero-order valence-electron chi connectivity index (χ0n) is 15.6. The summed E-state index contributed by atoms with van der Waals surface area (Å²) < 4.78 is 11.4. The summed E-state index contributed by atoms with van der Waals surface area (Å²) in [5, 5.41) is 3.13. The predicted octanol–water partition coefficient (Wildman–Crippen LogP) is 3.43. The van der Waals surface area contributed by atoms with Crippen LogP contribution in [0.2, 0.25) is 0 Å². The van der Waals surface area contributed by atoms with Crippen LogP contribution in [-0.4, -0.2) is 45.7 Å². The summed E-state index contributed by atoms with van der Waals surface area (Å²) in [4.78, 5) is 14.7. The van der Waals surface area contributed by atoms with Crippen LogP contribution in [0.1, 0.15) is 17.2 Å². The molecule has 1 amide bonds. The van der Waals surface area contributed by atoms with Gasteiger partial charge in [0.15, 0.2) is 11.5 Å². The summed E-state index contributed by atoms with van der Waals surface area (Å²) in [7, 11) is 7.15. The topological polar surface area (TPSA) is 50.8 Å². The fourth-order valence-corrected chi connectivity index (χ4v) is 3.20. The standard InChI is InChI=1S/C20H25BrN2O3/c1-23(2)13-17(14-8-6-5-7-9-14)22-20(24)11-15-10-18(25-3)19(26-4)12-16(15)21/h5-10,12,17H,11,13H2,1-4H3,(H,22,24)/t17-/m0/s1. The van der Waals surface area contributed by atoms with E-state index in [-0.39, 0.29) is 18.4 Å². The average Bonchev–Trinajstić information content (AvgIpc) is 2.62. The SMILES string of the molecule is COc1cc(Br)c(CC(=O)N[C@@H](CN(C)C)c2ccccc2)cc1OC. The average molecular weight is 421 g/mol. The molecule has 0 fully saturated rings. The van der Waals surface area contributed by atoms with E-state index in [4.69, 9.17) is 9.47 Å². The fraction of sp³-hybridized carbons (Fsp3) is 0.350. The van der Waals surface area contributed by atoms with Crippen LogP contribution in [0.5, 0.6) is 11.5 Å². The van der Waals surface area contributed by atoms with Gasteiger partial charge >= 0.3 is 0 Å². The molecule has 0 aliphatic carbocycles.